The first-order valence-electron chi connectivity index (χ1n) is 12.8. The molecule has 0 unspecified atom stereocenters. The maximum atomic E-state index is 14.3. The highest BCUT2D eigenvalue weighted by Gasteiger charge is 2.37. The van der Waals surface area contributed by atoms with E-state index in [1.807, 2.05) is 30.3 Å². The van der Waals surface area contributed by atoms with Crippen LogP contribution in [0.2, 0.25) is 0 Å². The molecule has 3 aromatic carbocycles. The molecule has 1 saturated carbocycles. The molecule has 0 aliphatic heterocycles. The number of rotatable bonds is 7. The molecule has 10 heteroatoms. The highest BCUT2D eigenvalue weighted by molar-refractivity contribution is 7.09. The first-order chi connectivity index (χ1) is 18.8. The van der Waals surface area contributed by atoms with Crippen molar-refractivity contribution in [3.8, 4) is 0 Å². The number of primary amides is 1. The van der Waals surface area contributed by atoms with Crippen molar-refractivity contribution in [3.63, 3.8) is 0 Å². The lowest BCUT2D eigenvalue weighted by Crippen LogP contribution is -2.47. The molecule has 1 aliphatic carbocycles. The average Bonchev–Trinajstić information content (AvgIpc) is 3.34. The lowest BCUT2D eigenvalue weighted by atomic mass is 9.94. The Morgan fingerprint density at radius 1 is 0.974 bits per heavy atom. The van der Waals surface area contributed by atoms with Crippen LogP contribution in [0.15, 0.2) is 66.7 Å². The lowest BCUT2D eigenvalue weighted by molar-refractivity contribution is -0.123. The molecule has 1 fully saturated rings. The van der Waals surface area contributed by atoms with E-state index in [0.29, 0.717) is 11.3 Å². The Bertz CT molecular complexity index is 1530. The van der Waals surface area contributed by atoms with Crippen molar-refractivity contribution < 1.29 is 18.8 Å². The van der Waals surface area contributed by atoms with Gasteiger partial charge in [-0.25, -0.2) is 4.39 Å². The van der Waals surface area contributed by atoms with Crippen molar-refractivity contribution in [2.24, 2.45) is 5.73 Å². The minimum Gasteiger partial charge on any atom is -0.395 e. The van der Waals surface area contributed by atoms with Gasteiger partial charge in [0.1, 0.15) is 16.7 Å². The van der Waals surface area contributed by atoms with Crippen molar-refractivity contribution >= 4 is 51.4 Å². The number of hydrogen-bond donors (Lipinski definition) is 3. The lowest BCUT2D eigenvalue weighted by Gasteiger charge is -2.34. The van der Waals surface area contributed by atoms with Crippen LogP contribution in [0, 0.1) is 5.82 Å². The van der Waals surface area contributed by atoms with Crippen LogP contribution in [0.4, 0.5) is 15.8 Å². The molecule has 4 aromatic rings. The topological polar surface area (TPSA) is 131 Å². The van der Waals surface area contributed by atoms with Gasteiger partial charge in [0.05, 0.1) is 11.4 Å². The summed E-state index contributed by atoms with van der Waals surface area (Å²) in [6, 6.07) is 17.2. The smallest absolute Gasteiger partial charge is 0.273 e. The molecule has 39 heavy (non-hydrogen) atoms. The minimum absolute atomic E-state index is 0.0192. The van der Waals surface area contributed by atoms with E-state index in [0.717, 1.165) is 54.4 Å². The highest BCUT2D eigenvalue weighted by atomic mass is 32.1. The summed E-state index contributed by atoms with van der Waals surface area (Å²) >= 11 is 0.745. The summed E-state index contributed by atoms with van der Waals surface area (Å²) in [5.41, 5.74) is 12.1. The summed E-state index contributed by atoms with van der Waals surface area (Å²) in [6.45, 7) is 0. The van der Waals surface area contributed by atoms with Gasteiger partial charge in [0, 0.05) is 11.4 Å². The predicted octanol–water partition coefficient (Wildman–Crippen LogP) is 4.95. The Hall–Kier alpha value is -4.31. The maximum Gasteiger partial charge on any atom is 0.273 e. The van der Waals surface area contributed by atoms with Crippen LogP contribution in [-0.2, 0) is 4.79 Å². The number of nitrogens with two attached hydrogens (primary N) is 2. The van der Waals surface area contributed by atoms with Crippen LogP contribution in [0.5, 0.6) is 0 Å². The Kier molecular flexibility index (Phi) is 7.56. The van der Waals surface area contributed by atoms with Gasteiger partial charge in [-0.1, -0.05) is 67.8 Å². The van der Waals surface area contributed by atoms with E-state index in [1.54, 1.807) is 12.1 Å². The zero-order chi connectivity index (χ0) is 27.5. The van der Waals surface area contributed by atoms with E-state index in [-0.39, 0.29) is 22.3 Å². The Labute approximate surface area is 229 Å². The summed E-state index contributed by atoms with van der Waals surface area (Å²) in [5.74, 6) is -2.34. The monoisotopic (exact) mass is 545 g/mol. The summed E-state index contributed by atoms with van der Waals surface area (Å²) in [7, 11) is 0. The fourth-order valence-corrected chi connectivity index (χ4v) is 5.85. The average molecular weight is 546 g/mol. The number of carbonyl (C=O) groups is 3. The SMILES string of the molecule is NC(=O)c1nsc(C(=O)N(c2cccc3ccccc23)[C@H](C(=O)NC2CCCCC2)c2ccc(F)cc2)c1N. The van der Waals surface area contributed by atoms with Gasteiger partial charge in [-0.2, -0.15) is 4.37 Å². The summed E-state index contributed by atoms with van der Waals surface area (Å²) in [6.07, 6.45) is 4.81. The number of nitrogen functional groups attached to an aromatic ring is 1. The second-order valence-corrected chi connectivity index (χ2v) is 10.4. The van der Waals surface area contributed by atoms with Crippen LogP contribution >= 0.6 is 11.5 Å². The fraction of sp³-hybridized carbons (Fsp3) is 0.241. The minimum atomic E-state index is -1.16. The summed E-state index contributed by atoms with van der Waals surface area (Å²) in [5, 5.41) is 4.71. The number of aromatic nitrogens is 1. The number of hydrogen-bond acceptors (Lipinski definition) is 6. The number of fused-ring (bicyclic) bond motifs is 1. The van der Waals surface area contributed by atoms with Crippen molar-refractivity contribution in [3.05, 3.63) is 88.7 Å². The van der Waals surface area contributed by atoms with E-state index in [4.69, 9.17) is 11.5 Å². The van der Waals surface area contributed by atoms with Gasteiger partial charge < -0.3 is 16.8 Å². The van der Waals surface area contributed by atoms with Crippen LogP contribution in [0.25, 0.3) is 10.8 Å². The number of carbonyl (C=O) groups excluding carboxylic acids is 3. The number of nitrogens with zero attached hydrogens (tertiary/aromatic N) is 2. The Balaban J connectivity index is 1.70. The van der Waals surface area contributed by atoms with E-state index >= 15 is 0 Å². The first kappa shape index (κ1) is 26.3. The normalized spacial score (nSPS) is 14.6. The molecule has 3 amide bonds. The fourth-order valence-electron chi connectivity index (χ4n) is 5.11. The van der Waals surface area contributed by atoms with Crippen molar-refractivity contribution in [2.45, 2.75) is 44.2 Å². The van der Waals surface area contributed by atoms with Crippen molar-refractivity contribution in [1.82, 2.24) is 9.69 Å². The number of amides is 3. The first-order valence-corrected chi connectivity index (χ1v) is 13.5. The molecular weight excluding hydrogens is 517 g/mol. The molecule has 5 rings (SSSR count). The number of benzene rings is 3. The number of halogens is 1. The van der Waals surface area contributed by atoms with Crippen LogP contribution in [0.3, 0.4) is 0 Å². The van der Waals surface area contributed by atoms with E-state index in [1.165, 1.54) is 29.2 Å². The molecule has 1 heterocycles. The second kappa shape index (κ2) is 11.2. The van der Waals surface area contributed by atoms with E-state index in [2.05, 4.69) is 9.69 Å². The van der Waals surface area contributed by atoms with Gasteiger partial charge in [-0.05, 0) is 53.5 Å². The molecular formula is C29H28FN5O3S. The summed E-state index contributed by atoms with van der Waals surface area (Å²) in [4.78, 5) is 41.6. The van der Waals surface area contributed by atoms with Gasteiger partial charge in [-0.3, -0.25) is 19.3 Å². The molecule has 0 spiro atoms. The van der Waals surface area contributed by atoms with Gasteiger partial charge >= 0.3 is 0 Å². The van der Waals surface area contributed by atoms with Gasteiger partial charge in [0.15, 0.2) is 5.69 Å². The molecule has 0 saturated heterocycles. The molecule has 1 atom stereocenters. The highest BCUT2D eigenvalue weighted by Crippen LogP contribution is 2.37. The molecule has 1 aromatic heterocycles. The van der Waals surface area contributed by atoms with Gasteiger partial charge in [0.2, 0.25) is 5.91 Å². The second-order valence-electron chi connectivity index (χ2n) is 9.61. The van der Waals surface area contributed by atoms with E-state index < -0.39 is 29.6 Å². The quantitative estimate of drug-likeness (QED) is 0.302. The maximum absolute atomic E-state index is 14.3. The molecule has 5 N–H and O–H groups in total. The predicted molar refractivity (Wildman–Crippen MR) is 150 cm³/mol. The van der Waals surface area contributed by atoms with E-state index in [9.17, 15) is 18.8 Å². The third kappa shape index (κ3) is 5.33. The standard InChI is InChI=1S/C29H28FN5O3S/c30-19-15-13-18(14-16-19)25(28(37)33-20-9-2-1-3-10-20)35(22-12-6-8-17-7-4-5-11-21(17)22)29(38)26-23(31)24(27(32)36)34-39-26/h4-8,11-16,20,25H,1-3,9-10,31H2,(H2,32,36)(H,33,37)/t25-/m0/s1. The molecule has 0 radical (unpaired) electrons. The van der Waals surface area contributed by atoms with Crippen LogP contribution in [-0.4, -0.2) is 28.1 Å². The van der Waals surface area contributed by atoms with Crippen LogP contribution < -0.4 is 21.7 Å². The number of nitrogens with one attached hydrogen (secondary N) is 1. The number of anilines is 2. The third-order valence-corrected chi connectivity index (χ3v) is 7.90. The molecule has 8 nitrogen and oxygen atoms in total. The van der Waals surface area contributed by atoms with Crippen LogP contribution in [0.1, 0.15) is 63.9 Å². The zero-order valence-corrected chi connectivity index (χ0v) is 21.9. The van der Waals surface area contributed by atoms with Gasteiger partial charge in [0.25, 0.3) is 11.8 Å². The molecule has 200 valence electrons. The Morgan fingerprint density at radius 2 is 1.67 bits per heavy atom. The largest absolute Gasteiger partial charge is 0.395 e. The molecule has 0 bridgehead atoms. The third-order valence-electron chi connectivity index (χ3n) is 7.04. The Morgan fingerprint density at radius 3 is 2.36 bits per heavy atom. The van der Waals surface area contributed by atoms with Crippen molar-refractivity contribution in [1.29, 1.82) is 0 Å². The summed E-state index contributed by atoms with van der Waals surface area (Å²) < 4.78 is 18.0. The van der Waals surface area contributed by atoms with Crippen molar-refractivity contribution in [2.75, 3.05) is 10.6 Å². The zero-order valence-electron chi connectivity index (χ0n) is 21.1. The molecule has 1 aliphatic rings. The van der Waals surface area contributed by atoms with Gasteiger partial charge in [-0.15, -0.1) is 0 Å².